The molecule has 0 aliphatic carbocycles. The number of benzene rings is 1. The van der Waals surface area contributed by atoms with Crippen LogP contribution in [0, 0.1) is 5.92 Å². The maximum Gasteiger partial charge on any atom is 0.291 e. The number of hydrogen-bond donors (Lipinski definition) is 3. The average Bonchev–Trinajstić information content (AvgIpc) is 3.48. The third kappa shape index (κ3) is 4.38. The first-order chi connectivity index (χ1) is 14.1. The van der Waals surface area contributed by atoms with E-state index in [9.17, 15) is 9.59 Å². The van der Waals surface area contributed by atoms with E-state index in [1.807, 2.05) is 31.6 Å². The van der Waals surface area contributed by atoms with Gasteiger partial charge in [-0.05, 0) is 35.4 Å². The Kier molecular flexibility index (Phi) is 5.44. The Bertz CT molecular complexity index is 978. The van der Waals surface area contributed by atoms with E-state index in [2.05, 4.69) is 21.0 Å². The summed E-state index contributed by atoms with van der Waals surface area (Å²) in [5.41, 5.74) is 2.70. The molecule has 3 heterocycles. The molecule has 1 saturated heterocycles. The standard InChI is InChI=1S/C21H23N5O3/c1-26-13-15(10-24-26)17-11-22-12-18(17)20(27)23-9-14-4-6-16(7-5-14)25-21(28)19-3-2-8-29-19/h2-8,10,13,17-18,22H,9,11-12H2,1H3,(H,23,27)(H,25,28)/t17-,18+/m1/s1. The van der Waals surface area contributed by atoms with Crippen molar-refractivity contribution < 1.29 is 14.0 Å². The van der Waals surface area contributed by atoms with Crippen LogP contribution in [-0.2, 0) is 18.4 Å². The molecule has 8 heteroatoms. The molecule has 150 valence electrons. The van der Waals surface area contributed by atoms with E-state index in [4.69, 9.17) is 4.42 Å². The van der Waals surface area contributed by atoms with Gasteiger partial charge in [-0.25, -0.2) is 0 Å². The van der Waals surface area contributed by atoms with Crippen LogP contribution in [0.1, 0.15) is 27.6 Å². The van der Waals surface area contributed by atoms with Crippen LogP contribution in [0.2, 0.25) is 0 Å². The second-order valence-electron chi connectivity index (χ2n) is 7.16. The van der Waals surface area contributed by atoms with E-state index in [0.717, 1.165) is 17.7 Å². The van der Waals surface area contributed by atoms with Gasteiger partial charge in [-0.2, -0.15) is 5.10 Å². The summed E-state index contributed by atoms with van der Waals surface area (Å²) in [7, 11) is 1.88. The summed E-state index contributed by atoms with van der Waals surface area (Å²) in [4.78, 5) is 24.7. The van der Waals surface area contributed by atoms with E-state index in [0.29, 0.717) is 18.8 Å². The molecule has 1 fully saturated rings. The Labute approximate surface area is 168 Å². The number of furan rings is 1. The number of anilines is 1. The van der Waals surface area contributed by atoms with Crippen LogP contribution in [-0.4, -0.2) is 34.7 Å². The molecule has 0 radical (unpaired) electrons. The van der Waals surface area contributed by atoms with Crippen molar-refractivity contribution in [2.45, 2.75) is 12.5 Å². The minimum Gasteiger partial charge on any atom is -0.459 e. The molecule has 2 atom stereocenters. The molecule has 0 unspecified atom stereocenters. The van der Waals surface area contributed by atoms with E-state index < -0.39 is 0 Å². The third-order valence-corrected chi connectivity index (χ3v) is 5.13. The number of nitrogens with one attached hydrogen (secondary N) is 3. The fraction of sp³-hybridized carbons (Fsp3) is 0.286. The number of aromatic nitrogens is 2. The van der Waals surface area contributed by atoms with Crippen LogP contribution >= 0.6 is 0 Å². The zero-order valence-electron chi connectivity index (χ0n) is 16.1. The highest BCUT2D eigenvalue weighted by Crippen LogP contribution is 2.28. The highest BCUT2D eigenvalue weighted by atomic mass is 16.3. The van der Waals surface area contributed by atoms with E-state index >= 15 is 0 Å². The molecule has 8 nitrogen and oxygen atoms in total. The van der Waals surface area contributed by atoms with Gasteiger partial charge < -0.3 is 20.4 Å². The second-order valence-corrected chi connectivity index (χ2v) is 7.16. The Balaban J connectivity index is 1.31. The topological polar surface area (TPSA) is 101 Å². The van der Waals surface area contributed by atoms with Crippen LogP contribution in [0.5, 0.6) is 0 Å². The molecule has 4 rings (SSSR count). The number of hydrogen-bond acceptors (Lipinski definition) is 5. The quantitative estimate of drug-likeness (QED) is 0.594. The summed E-state index contributed by atoms with van der Waals surface area (Å²) in [6, 6.07) is 10.6. The number of nitrogens with zero attached hydrogens (tertiary/aromatic N) is 2. The molecular weight excluding hydrogens is 370 g/mol. The van der Waals surface area contributed by atoms with Gasteiger partial charge in [0.05, 0.1) is 18.4 Å². The predicted octanol–water partition coefficient (Wildman–Crippen LogP) is 1.88. The summed E-state index contributed by atoms with van der Waals surface area (Å²) in [5, 5.41) is 13.3. The number of rotatable bonds is 6. The van der Waals surface area contributed by atoms with Crippen molar-refractivity contribution in [2.24, 2.45) is 13.0 Å². The third-order valence-electron chi connectivity index (χ3n) is 5.13. The van der Waals surface area contributed by atoms with Crippen LogP contribution < -0.4 is 16.0 Å². The molecule has 2 amide bonds. The fourth-order valence-electron chi connectivity index (χ4n) is 3.56. The van der Waals surface area contributed by atoms with Gasteiger partial charge in [0.25, 0.3) is 5.91 Å². The lowest BCUT2D eigenvalue weighted by atomic mass is 9.90. The largest absolute Gasteiger partial charge is 0.459 e. The van der Waals surface area contributed by atoms with Crippen molar-refractivity contribution in [1.29, 1.82) is 0 Å². The summed E-state index contributed by atoms with van der Waals surface area (Å²) in [6.45, 7) is 1.86. The van der Waals surface area contributed by atoms with Gasteiger partial charge in [0.2, 0.25) is 5.91 Å². The van der Waals surface area contributed by atoms with Crippen molar-refractivity contribution in [3.05, 3.63) is 71.9 Å². The monoisotopic (exact) mass is 393 g/mol. The van der Waals surface area contributed by atoms with Crippen molar-refractivity contribution in [1.82, 2.24) is 20.4 Å². The van der Waals surface area contributed by atoms with Gasteiger partial charge in [-0.1, -0.05) is 12.1 Å². The van der Waals surface area contributed by atoms with Crippen molar-refractivity contribution in [2.75, 3.05) is 18.4 Å². The molecule has 0 saturated carbocycles. The summed E-state index contributed by atoms with van der Waals surface area (Å²) >= 11 is 0. The van der Waals surface area contributed by atoms with Crippen molar-refractivity contribution in [3.63, 3.8) is 0 Å². The average molecular weight is 393 g/mol. The van der Waals surface area contributed by atoms with Crippen molar-refractivity contribution >= 4 is 17.5 Å². The van der Waals surface area contributed by atoms with Crippen molar-refractivity contribution in [3.8, 4) is 0 Å². The Morgan fingerprint density at radius 1 is 1.24 bits per heavy atom. The van der Waals surface area contributed by atoms with Gasteiger partial charge in [0, 0.05) is 44.5 Å². The Morgan fingerprint density at radius 2 is 2.07 bits per heavy atom. The molecule has 0 spiro atoms. The molecule has 3 aromatic rings. The normalized spacial score (nSPS) is 18.5. The first-order valence-corrected chi connectivity index (χ1v) is 9.51. The molecule has 0 bridgehead atoms. The summed E-state index contributed by atoms with van der Waals surface area (Å²) in [5.74, 6) is -0.00564. The smallest absolute Gasteiger partial charge is 0.291 e. The maximum absolute atomic E-state index is 12.7. The second kappa shape index (κ2) is 8.32. The van der Waals surface area contributed by atoms with Crippen LogP contribution in [0.4, 0.5) is 5.69 Å². The van der Waals surface area contributed by atoms with E-state index in [1.54, 1.807) is 28.9 Å². The van der Waals surface area contributed by atoms with Gasteiger partial charge in [0.1, 0.15) is 0 Å². The SMILES string of the molecule is Cn1cc([C@H]2CNC[C@@H]2C(=O)NCc2ccc(NC(=O)c3ccco3)cc2)cn1. The van der Waals surface area contributed by atoms with Crippen LogP contribution in [0.15, 0.2) is 59.5 Å². The fourth-order valence-corrected chi connectivity index (χ4v) is 3.56. The number of carbonyl (C=O) groups excluding carboxylic acids is 2. The summed E-state index contributed by atoms with van der Waals surface area (Å²) < 4.78 is 6.84. The van der Waals surface area contributed by atoms with Gasteiger partial charge >= 0.3 is 0 Å². The van der Waals surface area contributed by atoms with Crippen LogP contribution in [0.25, 0.3) is 0 Å². The molecule has 2 aromatic heterocycles. The molecule has 3 N–H and O–H groups in total. The number of amides is 2. The van der Waals surface area contributed by atoms with Gasteiger partial charge in [-0.3, -0.25) is 14.3 Å². The molecular formula is C21H23N5O3. The highest BCUT2D eigenvalue weighted by Gasteiger charge is 2.34. The summed E-state index contributed by atoms with van der Waals surface area (Å²) in [6.07, 6.45) is 5.25. The van der Waals surface area contributed by atoms with E-state index in [1.165, 1.54) is 6.26 Å². The maximum atomic E-state index is 12.7. The predicted molar refractivity (Wildman–Crippen MR) is 107 cm³/mol. The Morgan fingerprint density at radius 3 is 2.76 bits per heavy atom. The van der Waals surface area contributed by atoms with E-state index in [-0.39, 0.29) is 29.4 Å². The first-order valence-electron chi connectivity index (χ1n) is 9.51. The minimum absolute atomic E-state index is 0.0269. The lowest BCUT2D eigenvalue weighted by molar-refractivity contribution is -0.125. The zero-order valence-corrected chi connectivity index (χ0v) is 16.1. The number of carbonyl (C=O) groups is 2. The molecule has 1 aliphatic rings. The minimum atomic E-state index is -0.300. The van der Waals surface area contributed by atoms with Crippen LogP contribution in [0.3, 0.4) is 0 Å². The molecule has 1 aromatic carbocycles. The zero-order chi connectivity index (χ0) is 20.2. The molecule has 29 heavy (non-hydrogen) atoms. The molecule has 1 aliphatic heterocycles. The van der Waals surface area contributed by atoms with Gasteiger partial charge in [-0.15, -0.1) is 0 Å². The number of aryl methyl sites for hydroxylation is 1. The lowest BCUT2D eigenvalue weighted by Crippen LogP contribution is -2.33. The highest BCUT2D eigenvalue weighted by molar-refractivity contribution is 6.02. The first kappa shape index (κ1) is 18.9. The van der Waals surface area contributed by atoms with Gasteiger partial charge in [0.15, 0.2) is 5.76 Å². The Hall–Kier alpha value is -3.39. The lowest BCUT2D eigenvalue weighted by Gasteiger charge is -2.17.